The highest BCUT2D eigenvalue weighted by atomic mass is 19.1. The number of benzene rings is 1. The van der Waals surface area contributed by atoms with E-state index in [0.717, 1.165) is 50.4 Å². The van der Waals surface area contributed by atoms with Crippen molar-refractivity contribution in [1.29, 1.82) is 0 Å². The Morgan fingerprint density at radius 3 is 2.38 bits per heavy atom. The molecule has 0 radical (unpaired) electrons. The summed E-state index contributed by atoms with van der Waals surface area (Å²) in [5.74, 6) is -0.0633. The fourth-order valence-electron chi connectivity index (χ4n) is 4.79. The molecule has 0 aliphatic heterocycles. The van der Waals surface area contributed by atoms with Crippen molar-refractivity contribution in [1.82, 2.24) is 24.9 Å². The van der Waals surface area contributed by atoms with Crippen molar-refractivity contribution in [2.24, 2.45) is 0 Å². The summed E-state index contributed by atoms with van der Waals surface area (Å²) in [6, 6.07) is 12.8. The zero-order chi connectivity index (χ0) is 27.5. The number of carbonyl (C=O) groups excluding carboxylic acids is 2. The minimum atomic E-state index is -0.630. The third-order valence-corrected chi connectivity index (χ3v) is 7.01. The summed E-state index contributed by atoms with van der Waals surface area (Å²) in [4.78, 5) is 33.5. The zero-order valence-electron chi connectivity index (χ0n) is 21.6. The number of imidazole rings is 1. The number of hydrogen-bond donors (Lipinski definition) is 4. The summed E-state index contributed by atoms with van der Waals surface area (Å²) in [5, 5.41) is 17.2. The van der Waals surface area contributed by atoms with E-state index >= 15 is 0 Å². The Morgan fingerprint density at radius 1 is 0.900 bits per heavy atom. The first-order valence-corrected chi connectivity index (χ1v) is 13.4. The Morgan fingerprint density at radius 2 is 1.62 bits per heavy atom. The van der Waals surface area contributed by atoms with Gasteiger partial charge in [-0.05, 0) is 56.7 Å². The van der Waals surface area contributed by atoms with Crippen molar-refractivity contribution >= 4 is 34.8 Å². The second-order valence-corrected chi connectivity index (χ2v) is 10.1. The summed E-state index contributed by atoms with van der Waals surface area (Å²) in [6.07, 6.45) is 8.76. The SMILES string of the molecule is O=C(NC1CCC(Nc2cc(NC3CC3)c3ncc(C(=O)Nc4ccncc4F)n3n2)CC1)Oc1ccccc1. The molecular formula is C28H29FN8O3. The number of carbonyl (C=O) groups is 2. The number of hydrogen-bond acceptors (Lipinski definition) is 8. The maximum absolute atomic E-state index is 14.1. The smallest absolute Gasteiger partial charge is 0.410 e. The molecule has 2 aliphatic rings. The minimum absolute atomic E-state index is 0.0225. The molecule has 2 amide bonds. The molecule has 40 heavy (non-hydrogen) atoms. The molecule has 4 N–H and O–H groups in total. The summed E-state index contributed by atoms with van der Waals surface area (Å²) < 4.78 is 20.9. The molecule has 0 bridgehead atoms. The number of halogens is 1. The van der Waals surface area contributed by atoms with Crippen LogP contribution in [0.1, 0.15) is 49.0 Å². The average molecular weight is 545 g/mol. The minimum Gasteiger partial charge on any atom is -0.410 e. The number of fused-ring (bicyclic) bond motifs is 1. The van der Waals surface area contributed by atoms with E-state index in [2.05, 4.69) is 36.3 Å². The molecule has 6 rings (SSSR count). The van der Waals surface area contributed by atoms with E-state index in [0.29, 0.717) is 23.3 Å². The van der Waals surface area contributed by atoms with Crippen LogP contribution >= 0.6 is 0 Å². The van der Waals surface area contributed by atoms with Crippen molar-refractivity contribution in [3.8, 4) is 5.75 Å². The lowest BCUT2D eigenvalue weighted by molar-refractivity contribution is 0.102. The second kappa shape index (κ2) is 11.2. The molecule has 2 fully saturated rings. The van der Waals surface area contributed by atoms with Gasteiger partial charge in [0.05, 0.1) is 23.8 Å². The lowest BCUT2D eigenvalue weighted by Gasteiger charge is -2.29. The van der Waals surface area contributed by atoms with E-state index < -0.39 is 17.8 Å². The maximum Gasteiger partial charge on any atom is 0.412 e. The van der Waals surface area contributed by atoms with Crippen molar-refractivity contribution in [2.45, 2.75) is 56.7 Å². The first kappa shape index (κ1) is 25.5. The number of ether oxygens (including phenoxy) is 1. The van der Waals surface area contributed by atoms with Crippen molar-refractivity contribution in [3.63, 3.8) is 0 Å². The molecule has 1 aromatic carbocycles. The fraction of sp³-hybridized carbons (Fsp3) is 0.321. The number of amides is 2. The summed E-state index contributed by atoms with van der Waals surface area (Å²) in [6.45, 7) is 0. The Labute approximate surface area is 229 Å². The molecule has 0 unspecified atom stereocenters. The Bertz CT molecular complexity index is 1520. The molecule has 4 aromatic rings. The lowest BCUT2D eigenvalue weighted by atomic mass is 9.91. The largest absolute Gasteiger partial charge is 0.412 e. The van der Waals surface area contributed by atoms with Gasteiger partial charge in [0.15, 0.2) is 17.2 Å². The van der Waals surface area contributed by atoms with Gasteiger partial charge >= 0.3 is 6.09 Å². The molecule has 3 aromatic heterocycles. The fourth-order valence-corrected chi connectivity index (χ4v) is 4.79. The highest BCUT2D eigenvalue weighted by Crippen LogP contribution is 2.30. The monoisotopic (exact) mass is 544 g/mol. The van der Waals surface area contributed by atoms with Crippen molar-refractivity contribution < 1.29 is 18.7 Å². The van der Waals surface area contributed by atoms with Gasteiger partial charge in [0.2, 0.25) is 0 Å². The predicted molar refractivity (Wildman–Crippen MR) is 147 cm³/mol. The van der Waals surface area contributed by atoms with Crippen LogP contribution < -0.4 is 26.0 Å². The number of aromatic nitrogens is 4. The van der Waals surface area contributed by atoms with Crippen molar-refractivity contribution in [3.05, 3.63) is 72.6 Å². The summed E-state index contributed by atoms with van der Waals surface area (Å²) in [7, 11) is 0. The molecule has 2 saturated carbocycles. The normalized spacial score (nSPS) is 18.6. The van der Waals surface area contributed by atoms with Crippen LogP contribution in [0.15, 0.2) is 61.1 Å². The van der Waals surface area contributed by atoms with E-state index in [4.69, 9.17) is 4.74 Å². The van der Waals surface area contributed by atoms with Gasteiger partial charge in [0.25, 0.3) is 5.91 Å². The standard InChI is InChI=1S/C28H29FN8O3/c29-21-15-30-13-12-22(21)35-27(38)24-16-31-26-23(32-17-6-7-17)14-25(36-37(24)26)33-18-8-10-19(11-9-18)34-28(39)40-20-4-2-1-3-5-20/h1-5,12-19,32H,6-11H2,(H,33,36)(H,34,39)(H,30,35,38). The quantitative estimate of drug-likeness (QED) is 0.253. The van der Waals surface area contributed by atoms with Crippen LogP contribution in [0, 0.1) is 5.82 Å². The summed E-state index contributed by atoms with van der Waals surface area (Å²) in [5.41, 5.74) is 1.49. The Kier molecular flexibility index (Phi) is 7.13. The predicted octanol–water partition coefficient (Wildman–Crippen LogP) is 4.60. The number of nitrogens with zero attached hydrogens (tertiary/aromatic N) is 4. The molecule has 2 aliphatic carbocycles. The van der Waals surface area contributed by atoms with Gasteiger partial charge in [-0.3, -0.25) is 9.78 Å². The molecule has 0 atom stereocenters. The van der Waals surface area contributed by atoms with Crippen LogP contribution in [0.2, 0.25) is 0 Å². The van der Waals surface area contributed by atoms with Crippen molar-refractivity contribution in [2.75, 3.05) is 16.0 Å². The maximum atomic E-state index is 14.1. The first-order chi connectivity index (χ1) is 19.5. The van der Waals surface area contributed by atoms with Gasteiger partial charge in [0, 0.05) is 30.4 Å². The zero-order valence-corrected chi connectivity index (χ0v) is 21.6. The van der Waals surface area contributed by atoms with E-state index in [1.807, 2.05) is 24.3 Å². The van der Waals surface area contributed by atoms with Crippen LogP contribution in [-0.4, -0.2) is 49.7 Å². The number of pyridine rings is 1. The van der Waals surface area contributed by atoms with E-state index in [1.165, 1.54) is 23.0 Å². The van der Waals surface area contributed by atoms with E-state index in [1.54, 1.807) is 12.1 Å². The van der Waals surface area contributed by atoms with Gasteiger partial charge < -0.3 is 26.0 Å². The molecule has 12 heteroatoms. The molecular weight excluding hydrogens is 515 g/mol. The summed E-state index contributed by atoms with van der Waals surface area (Å²) >= 11 is 0. The van der Waals surface area contributed by atoms with Crippen LogP contribution in [0.3, 0.4) is 0 Å². The van der Waals surface area contributed by atoms with Crippen LogP contribution in [0.25, 0.3) is 5.65 Å². The first-order valence-electron chi connectivity index (χ1n) is 13.4. The second-order valence-electron chi connectivity index (χ2n) is 10.1. The molecule has 11 nitrogen and oxygen atoms in total. The van der Waals surface area contributed by atoms with Crippen LogP contribution in [0.4, 0.5) is 26.4 Å². The molecule has 0 spiro atoms. The molecule has 3 heterocycles. The average Bonchev–Trinajstić information content (AvgIpc) is 3.66. The number of para-hydroxylation sites is 1. The highest BCUT2D eigenvalue weighted by molar-refractivity contribution is 6.03. The topological polar surface area (TPSA) is 135 Å². The van der Waals surface area contributed by atoms with Crippen LogP contribution in [0.5, 0.6) is 5.75 Å². The number of anilines is 3. The molecule has 0 saturated heterocycles. The third-order valence-electron chi connectivity index (χ3n) is 7.01. The number of nitrogens with one attached hydrogen (secondary N) is 4. The van der Waals surface area contributed by atoms with Gasteiger partial charge in [-0.25, -0.2) is 18.7 Å². The third kappa shape index (κ3) is 5.95. The van der Waals surface area contributed by atoms with Crippen LogP contribution in [-0.2, 0) is 0 Å². The molecule has 206 valence electrons. The van der Waals surface area contributed by atoms with Gasteiger partial charge in [-0.2, -0.15) is 0 Å². The van der Waals surface area contributed by atoms with E-state index in [-0.39, 0.29) is 23.5 Å². The Balaban J connectivity index is 1.13. The lowest BCUT2D eigenvalue weighted by Crippen LogP contribution is -2.41. The van der Waals surface area contributed by atoms with Gasteiger partial charge in [0.1, 0.15) is 11.6 Å². The van der Waals surface area contributed by atoms with Gasteiger partial charge in [-0.15, -0.1) is 5.10 Å². The number of rotatable bonds is 8. The van der Waals surface area contributed by atoms with Gasteiger partial charge in [-0.1, -0.05) is 18.2 Å². The highest BCUT2D eigenvalue weighted by Gasteiger charge is 2.26. The Hall–Kier alpha value is -4.74. The van der Waals surface area contributed by atoms with E-state index in [9.17, 15) is 14.0 Å².